The number of carbonyl (C=O) groups excluding carboxylic acids is 1. The molecule has 1 unspecified atom stereocenters. The second-order valence-electron chi connectivity index (χ2n) is 6.48. The summed E-state index contributed by atoms with van der Waals surface area (Å²) in [5.74, 6) is 1.81. The standard InChI is InChI=1S/C21H21N3O3/c1-13-19-16(15-10-7-11-17(26-2)20(15)27-3)12-18(25)22-21(19)24(23-13)14-8-5-4-6-9-14/h4-11,16H,12H2,1-3H3,(H,22,25). The third-order valence-electron chi connectivity index (χ3n) is 4.91. The van der Waals surface area contributed by atoms with Crippen LogP contribution in [0.2, 0.25) is 0 Å². The van der Waals surface area contributed by atoms with Gasteiger partial charge in [-0.3, -0.25) is 4.79 Å². The summed E-state index contributed by atoms with van der Waals surface area (Å²) in [6.45, 7) is 1.97. The minimum atomic E-state index is -0.156. The van der Waals surface area contributed by atoms with Crippen LogP contribution in [0.3, 0.4) is 0 Å². The summed E-state index contributed by atoms with van der Waals surface area (Å²) in [5.41, 5.74) is 3.71. The molecule has 0 radical (unpaired) electrons. The third kappa shape index (κ3) is 2.83. The average Bonchev–Trinajstić information content (AvgIpc) is 3.03. The van der Waals surface area contributed by atoms with Crippen LogP contribution < -0.4 is 14.8 Å². The molecule has 1 aliphatic rings. The number of hydrogen-bond acceptors (Lipinski definition) is 4. The molecule has 0 spiro atoms. The van der Waals surface area contributed by atoms with Gasteiger partial charge in [0, 0.05) is 23.5 Å². The summed E-state index contributed by atoms with van der Waals surface area (Å²) >= 11 is 0. The number of anilines is 1. The van der Waals surface area contributed by atoms with E-state index in [0.717, 1.165) is 22.5 Å². The Bertz CT molecular complexity index is 995. The fourth-order valence-electron chi connectivity index (χ4n) is 3.76. The minimum Gasteiger partial charge on any atom is -0.493 e. The monoisotopic (exact) mass is 363 g/mol. The fraction of sp³-hybridized carbons (Fsp3) is 0.238. The van der Waals surface area contributed by atoms with Gasteiger partial charge in [0.2, 0.25) is 5.91 Å². The van der Waals surface area contributed by atoms with Crippen LogP contribution in [0.15, 0.2) is 48.5 Å². The number of aromatic nitrogens is 2. The predicted octanol–water partition coefficient (Wildman–Crippen LogP) is 3.67. The van der Waals surface area contributed by atoms with Crippen molar-refractivity contribution < 1.29 is 14.3 Å². The number of rotatable bonds is 4. The van der Waals surface area contributed by atoms with Gasteiger partial charge in [0.05, 0.1) is 25.6 Å². The first-order valence-electron chi connectivity index (χ1n) is 8.79. The highest BCUT2D eigenvalue weighted by Crippen LogP contribution is 2.45. The highest BCUT2D eigenvalue weighted by Gasteiger charge is 2.34. The molecule has 0 bridgehead atoms. The first kappa shape index (κ1) is 17.1. The van der Waals surface area contributed by atoms with E-state index in [2.05, 4.69) is 5.32 Å². The molecule has 1 aromatic heterocycles. The molecular formula is C21H21N3O3. The number of hydrogen-bond donors (Lipinski definition) is 1. The number of nitrogens with zero attached hydrogens (tertiary/aromatic N) is 2. The van der Waals surface area contributed by atoms with Gasteiger partial charge < -0.3 is 14.8 Å². The number of benzene rings is 2. The second-order valence-corrected chi connectivity index (χ2v) is 6.48. The Labute approximate surface area is 157 Å². The molecule has 1 N–H and O–H groups in total. The molecule has 0 saturated carbocycles. The van der Waals surface area contributed by atoms with Crippen LogP contribution in [0.25, 0.3) is 5.69 Å². The van der Waals surface area contributed by atoms with E-state index in [1.807, 2.05) is 55.5 Å². The van der Waals surface area contributed by atoms with Crippen molar-refractivity contribution in [2.45, 2.75) is 19.3 Å². The number of amides is 1. The van der Waals surface area contributed by atoms with Crippen molar-refractivity contribution in [2.24, 2.45) is 0 Å². The molecule has 1 amide bonds. The molecule has 6 heteroatoms. The first-order chi connectivity index (χ1) is 13.1. The topological polar surface area (TPSA) is 65.4 Å². The van der Waals surface area contributed by atoms with E-state index in [-0.39, 0.29) is 11.8 Å². The zero-order chi connectivity index (χ0) is 19.0. The highest BCUT2D eigenvalue weighted by molar-refractivity contribution is 5.95. The normalized spacial score (nSPS) is 15.8. The van der Waals surface area contributed by atoms with Crippen molar-refractivity contribution >= 4 is 11.7 Å². The van der Waals surface area contributed by atoms with Crippen molar-refractivity contribution in [1.82, 2.24) is 9.78 Å². The lowest BCUT2D eigenvalue weighted by Crippen LogP contribution is -2.25. The fourth-order valence-corrected chi connectivity index (χ4v) is 3.76. The Balaban J connectivity index is 1.91. The summed E-state index contributed by atoms with van der Waals surface area (Å²) in [7, 11) is 3.23. The molecule has 2 aromatic carbocycles. The first-order valence-corrected chi connectivity index (χ1v) is 8.79. The van der Waals surface area contributed by atoms with Gasteiger partial charge >= 0.3 is 0 Å². The SMILES string of the molecule is COc1cccc(C2CC(=O)Nc3c2c(C)nn3-c2ccccc2)c1OC. The zero-order valence-electron chi connectivity index (χ0n) is 15.5. The van der Waals surface area contributed by atoms with Crippen LogP contribution in [0.4, 0.5) is 5.82 Å². The lowest BCUT2D eigenvalue weighted by Gasteiger charge is -2.26. The molecule has 4 rings (SSSR count). The minimum absolute atomic E-state index is 0.0468. The maximum absolute atomic E-state index is 12.5. The van der Waals surface area contributed by atoms with Gasteiger partial charge in [-0.1, -0.05) is 30.3 Å². The van der Waals surface area contributed by atoms with E-state index in [9.17, 15) is 4.79 Å². The summed E-state index contributed by atoms with van der Waals surface area (Å²) in [5, 5.41) is 7.70. The van der Waals surface area contributed by atoms with E-state index in [4.69, 9.17) is 14.6 Å². The predicted molar refractivity (Wildman–Crippen MR) is 103 cm³/mol. The van der Waals surface area contributed by atoms with Crippen LogP contribution in [-0.2, 0) is 4.79 Å². The molecule has 2 heterocycles. The number of methoxy groups -OCH3 is 2. The molecule has 0 saturated heterocycles. The van der Waals surface area contributed by atoms with Crippen LogP contribution in [0.5, 0.6) is 11.5 Å². The molecule has 1 aliphatic heterocycles. The van der Waals surface area contributed by atoms with Crippen molar-refractivity contribution in [3.63, 3.8) is 0 Å². The number of ether oxygens (including phenoxy) is 2. The lowest BCUT2D eigenvalue weighted by atomic mass is 9.85. The quantitative estimate of drug-likeness (QED) is 0.768. The number of nitrogens with one attached hydrogen (secondary N) is 1. The van der Waals surface area contributed by atoms with Crippen LogP contribution >= 0.6 is 0 Å². The lowest BCUT2D eigenvalue weighted by molar-refractivity contribution is -0.116. The third-order valence-corrected chi connectivity index (χ3v) is 4.91. The molecule has 1 atom stereocenters. The Morgan fingerprint density at radius 1 is 1.07 bits per heavy atom. The van der Waals surface area contributed by atoms with Crippen LogP contribution in [0, 0.1) is 6.92 Å². The van der Waals surface area contributed by atoms with E-state index in [0.29, 0.717) is 23.7 Å². The number of fused-ring (bicyclic) bond motifs is 1. The van der Waals surface area contributed by atoms with Gasteiger partial charge in [-0.15, -0.1) is 0 Å². The van der Waals surface area contributed by atoms with Crippen molar-refractivity contribution in [3.05, 3.63) is 65.4 Å². The number of carbonyl (C=O) groups is 1. The van der Waals surface area contributed by atoms with Gasteiger partial charge in [-0.05, 0) is 25.1 Å². The molecule has 3 aromatic rings. The Hall–Kier alpha value is -3.28. The summed E-state index contributed by atoms with van der Waals surface area (Å²) in [6.07, 6.45) is 0.331. The van der Waals surface area contributed by atoms with E-state index < -0.39 is 0 Å². The van der Waals surface area contributed by atoms with Gasteiger partial charge in [-0.25, -0.2) is 4.68 Å². The smallest absolute Gasteiger partial charge is 0.226 e. The molecular weight excluding hydrogens is 342 g/mol. The van der Waals surface area contributed by atoms with Crippen LogP contribution in [0.1, 0.15) is 29.2 Å². The maximum atomic E-state index is 12.5. The van der Waals surface area contributed by atoms with Gasteiger partial charge in [0.1, 0.15) is 5.82 Å². The van der Waals surface area contributed by atoms with Gasteiger partial charge in [0.25, 0.3) is 0 Å². The molecule has 27 heavy (non-hydrogen) atoms. The number of para-hydroxylation sites is 2. The van der Waals surface area contributed by atoms with Crippen molar-refractivity contribution in [2.75, 3.05) is 19.5 Å². The molecule has 0 fully saturated rings. The average molecular weight is 363 g/mol. The molecule has 0 aliphatic carbocycles. The van der Waals surface area contributed by atoms with E-state index in [1.54, 1.807) is 18.9 Å². The van der Waals surface area contributed by atoms with Crippen molar-refractivity contribution in [3.8, 4) is 17.2 Å². The molecule has 138 valence electrons. The highest BCUT2D eigenvalue weighted by atomic mass is 16.5. The Morgan fingerprint density at radius 2 is 1.85 bits per heavy atom. The van der Waals surface area contributed by atoms with Gasteiger partial charge in [0.15, 0.2) is 11.5 Å². The molecule has 6 nitrogen and oxygen atoms in total. The summed E-state index contributed by atoms with van der Waals surface area (Å²) in [6, 6.07) is 15.5. The largest absolute Gasteiger partial charge is 0.493 e. The van der Waals surface area contributed by atoms with E-state index in [1.165, 1.54) is 0 Å². The Kier molecular flexibility index (Phi) is 4.32. The Morgan fingerprint density at radius 3 is 2.56 bits per heavy atom. The maximum Gasteiger partial charge on any atom is 0.226 e. The second kappa shape index (κ2) is 6.79. The van der Waals surface area contributed by atoms with Gasteiger partial charge in [-0.2, -0.15) is 5.10 Å². The summed E-state index contributed by atoms with van der Waals surface area (Å²) in [4.78, 5) is 12.5. The summed E-state index contributed by atoms with van der Waals surface area (Å²) < 4.78 is 12.9. The number of aryl methyl sites for hydroxylation is 1. The van der Waals surface area contributed by atoms with E-state index >= 15 is 0 Å². The van der Waals surface area contributed by atoms with Crippen LogP contribution in [-0.4, -0.2) is 29.9 Å². The zero-order valence-corrected chi connectivity index (χ0v) is 15.5. The van der Waals surface area contributed by atoms with Crippen molar-refractivity contribution in [1.29, 1.82) is 0 Å².